The molecule has 0 radical (unpaired) electrons. The molecule has 0 fully saturated rings. The highest BCUT2D eigenvalue weighted by Crippen LogP contribution is 2.43. The zero-order valence-electron chi connectivity index (χ0n) is 43.9. The van der Waals surface area contributed by atoms with Gasteiger partial charge in [-0.25, -0.2) is 4.57 Å². The maximum Gasteiger partial charge on any atom is 0.472 e. The Kier molecular flexibility index (Phi) is 47.0. The normalized spacial score (nSPS) is 13.6. The molecule has 0 aromatic carbocycles. The van der Waals surface area contributed by atoms with E-state index < -0.39 is 26.5 Å². The Labute approximate surface area is 408 Å². The monoisotopic (exact) mass is 953 g/mol. The molecule has 2 unspecified atom stereocenters. The first-order valence-corrected chi connectivity index (χ1v) is 29.2. The van der Waals surface area contributed by atoms with Crippen molar-refractivity contribution in [3.8, 4) is 0 Å². The first kappa shape index (κ1) is 64.2. The molecule has 0 amide bonds. The van der Waals surface area contributed by atoms with Gasteiger partial charge in [0.05, 0.1) is 27.7 Å². The number of phosphoric ester groups is 1. The fourth-order valence-electron chi connectivity index (χ4n) is 7.81. The third-order valence-corrected chi connectivity index (χ3v) is 13.1. The predicted octanol–water partition coefficient (Wildman–Crippen LogP) is 16.8. The number of ether oxygens (including phenoxy) is 2. The lowest BCUT2D eigenvalue weighted by Gasteiger charge is -2.24. The summed E-state index contributed by atoms with van der Waals surface area (Å²) in [6.45, 7) is 4.37. The first-order chi connectivity index (χ1) is 32.0. The summed E-state index contributed by atoms with van der Waals surface area (Å²) in [5, 5.41) is 0. The van der Waals surface area contributed by atoms with Crippen LogP contribution < -0.4 is 0 Å². The third-order valence-electron chi connectivity index (χ3n) is 12.1. The number of rotatable bonds is 51. The van der Waals surface area contributed by atoms with Crippen LogP contribution in [0.2, 0.25) is 0 Å². The first-order valence-electron chi connectivity index (χ1n) is 27.7. The van der Waals surface area contributed by atoms with Crippen LogP contribution in [-0.2, 0) is 32.7 Å². The quantitative estimate of drug-likeness (QED) is 0.0211. The zero-order valence-corrected chi connectivity index (χ0v) is 44.8. The van der Waals surface area contributed by atoms with Gasteiger partial charge < -0.3 is 18.9 Å². The van der Waals surface area contributed by atoms with Crippen molar-refractivity contribution in [3.05, 3.63) is 36.5 Å². The van der Waals surface area contributed by atoms with E-state index in [1.807, 2.05) is 21.1 Å². The Morgan fingerprint density at radius 2 is 0.848 bits per heavy atom. The van der Waals surface area contributed by atoms with Crippen molar-refractivity contribution in [2.24, 2.45) is 0 Å². The van der Waals surface area contributed by atoms with Crippen molar-refractivity contribution in [3.63, 3.8) is 0 Å². The lowest BCUT2D eigenvalue weighted by atomic mass is 10.0. The van der Waals surface area contributed by atoms with Crippen molar-refractivity contribution < 1.29 is 42.1 Å². The van der Waals surface area contributed by atoms with E-state index in [0.29, 0.717) is 17.4 Å². The molecule has 0 heterocycles. The number of quaternary nitrogens is 1. The van der Waals surface area contributed by atoms with Crippen LogP contribution in [0.4, 0.5) is 0 Å². The lowest BCUT2D eigenvalue weighted by Crippen LogP contribution is -2.37. The minimum atomic E-state index is -4.38. The molecule has 10 heteroatoms. The average molecular weight is 953 g/mol. The number of hydrogen-bond donors (Lipinski definition) is 1. The van der Waals surface area contributed by atoms with E-state index in [1.165, 1.54) is 161 Å². The van der Waals surface area contributed by atoms with Crippen LogP contribution in [0, 0.1) is 0 Å². The number of carbonyl (C=O) groups is 2. The Morgan fingerprint density at radius 1 is 0.470 bits per heavy atom. The highest BCUT2D eigenvalue weighted by Gasteiger charge is 2.27. The predicted molar refractivity (Wildman–Crippen MR) is 280 cm³/mol. The molecule has 0 saturated carbocycles. The van der Waals surface area contributed by atoms with Crippen LogP contribution in [0.5, 0.6) is 0 Å². The standard InChI is InChI=1S/C56H106NO8P/c1-6-8-10-12-14-16-18-20-21-22-23-24-25-26-27-28-29-30-31-32-33-34-35-37-38-40-42-44-46-48-55(58)62-52-54(53-64-66(60,61)63-51-50-57(3,4)5)65-56(59)49-47-45-43-41-39-36-19-17-15-13-11-9-7-2/h11,13,17,19,22-23,54H,6-10,12,14-16,18,20-21,24-53H2,1-5H3/p+1/b13-11-,19-17-,23-22-. The van der Waals surface area contributed by atoms with Crippen LogP contribution in [0.1, 0.15) is 258 Å². The summed E-state index contributed by atoms with van der Waals surface area (Å²) in [6, 6.07) is 0. The number of carbonyl (C=O) groups excluding carboxylic acids is 2. The number of esters is 2. The number of allylic oxidation sites excluding steroid dienone is 6. The highest BCUT2D eigenvalue weighted by atomic mass is 31.2. The van der Waals surface area contributed by atoms with E-state index in [9.17, 15) is 19.0 Å². The molecule has 0 bridgehead atoms. The van der Waals surface area contributed by atoms with Crippen LogP contribution in [0.15, 0.2) is 36.5 Å². The van der Waals surface area contributed by atoms with E-state index in [-0.39, 0.29) is 32.0 Å². The molecule has 0 aliphatic heterocycles. The molecule has 0 aliphatic carbocycles. The van der Waals surface area contributed by atoms with Gasteiger partial charge in [-0.1, -0.05) is 217 Å². The van der Waals surface area contributed by atoms with Crippen molar-refractivity contribution in [2.45, 2.75) is 264 Å². The summed E-state index contributed by atoms with van der Waals surface area (Å²) in [5.41, 5.74) is 0. The van der Waals surface area contributed by atoms with Crippen LogP contribution in [0.25, 0.3) is 0 Å². The van der Waals surface area contributed by atoms with Gasteiger partial charge in [0.2, 0.25) is 0 Å². The summed E-state index contributed by atoms with van der Waals surface area (Å²) >= 11 is 0. The Morgan fingerprint density at radius 3 is 1.27 bits per heavy atom. The number of unbranched alkanes of at least 4 members (excludes halogenated alkanes) is 31. The maximum absolute atomic E-state index is 12.7. The fraction of sp³-hybridized carbons (Fsp3) is 0.857. The molecule has 0 aromatic heterocycles. The third kappa shape index (κ3) is 51.6. The fourth-order valence-corrected chi connectivity index (χ4v) is 8.56. The van der Waals surface area contributed by atoms with Gasteiger partial charge in [-0.05, 0) is 64.2 Å². The van der Waals surface area contributed by atoms with Gasteiger partial charge in [-0.15, -0.1) is 0 Å². The Bertz CT molecular complexity index is 1210. The number of likely N-dealkylation sites (N-methyl/N-ethyl adjacent to an activating group) is 1. The molecule has 0 saturated heterocycles. The van der Waals surface area contributed by atoms with Gasteiger partial charge in [-0.2, -0.15) is 0 Å². The van der Waals surface area contributed by atoms with Gasteiger partial charge in [0.1, 0.15) is 19.8 Å². The SMILES string of the molecule is CCC/C=C\C/C=C\CCCCCCCC(=O)OC(COC(=O)CCCCCCCCCCCCCCCCCCC/C=C\CCCCCCCCCC)COP(=O)(O)OCC[N+](C)(C)C. The largest absolute Gasteiger partial charge is 0.472 e. The topological polar surface area (TPSA) is 108 Å². The second kappa shape index (κ2) is 48.3. The number of nitrogens with zero attached hydrogens (tertiary/aromatic N) is 1. The smallest absolute Gasteiger partial charge is 0.462 e. The molecule has 0 rings (SSSR count). The van der Waals surface area contributed by atoms with Crippen molar-refractivity contribution in [1.82, 2.24) is 0 Å². The van der Waals surface area contributed by atoms with Crippen molar-refractivity contribution >= 4 is 19.8 Å². The van der Waals surface area contributed by atoms with E-state index in [0.717, 1.165) is 64.2 Å². The minimum absolute atomic E-state index is 0.0297. The lowest BCUT2D eigenvalue weighted by molar-refractivity contribution is -0.870. The molecule has 9 nitrogen and oxygen atoms in total. The average Bonchev–Trinajstić information content (AvgIpc) is 3.27. The summed E-state index contributed by atoms with van der Waals surface area (Å²) in [6.07, 6.45) is 58.0. The second-order valence-electron chi connectivity index (χ2n) is 20.0. The second-order valence-corrected chi connectivity index (χ2v) is 21.4. The van der Waals surface area contributed by atoms with Gasteiger partial charge >= 0.3 is 19.8 Å². The maximum atomic E-state index is 12.7. The molecular weight excluding hydrogens is 846 g/mol. The van der Waals surface area contributed by atoms with Crippen LogP contribution >= 0.6 is 7.82 Å². The minimum Gasteiger partial charge on any atom is -0.462 e. The molecule has 0 spiro atoms. The zero-order chi connectivity index (χ0) is 48.5. The summed E-state index contributed by atoms with van der Waals surface area (Å²) < 4.78 is 34.4. The van der Waals surface area contributed by atoms with Gasteiger partial charge in [0.15, 0.2) is 6.10 Å². The van der Waals surface area contributed by atoms with Crippen molar-refractivity contribution in [2.75, 3.05) is 47.5 Å². The number of hydrogen-bond acceptors (Lipinski definition) is 7. The summed E-state index contributed by atoms with van der Waals surface area (Å²) in [5.74, 6) is -0.806. The molecule has 0 aliphatic rings. The molecule has 388 valence electrons. The Balaban J connectivity index is 4.04. The van der Waals surface area contributed by atoms with Gasteiger partial charge in [0.25, 0.3) is 0 Å². The van der Waals surface area contributed by atoms with Gasteiger partial charge in [0, 0.05) is 12.8 Å². The summed E-state index contributed by atoms with van der Waals surface area (Å²) in [7, 11) is 1.47. The van der Waals surface area contributed by atoms with E-state index >= 15 is 0 Å². The van der Waals surface area contributed by atoms with Crippen molar-refractivity contribution in [1.29, 1.82) is 0 Å². The van der Waals surface area contributed by atoms with E-state index in [4.69, 9.17) is 18.5 Å². The molecular formula is C56H107NO8P+. The van der Waals surface area contributed by atoms with Crippen LogP contribution in [-0.4, -0.2) is 74.9 Å². The van der Waals surface area contributed by atoms with Gasteiger partial charge in [-0.3, -0.25) is 18.6 Å². The highest BCUT2D eigenvalue weighted by molar-refractivity contribution is 7.47. The molecule has 2 atom stereocenters. The van der Waals surface area contributed by atoms with E-state index in [2.05, 4.69) is 50.3 Å². The van der Waals surface area contributed by atoms with E-state index in [1.54, 1.807) is 0 Å². The van der Waals surface area contributed by atoms with Crippen LogP contribution in [0.3, 0.4) is 0 Å². The summed E-state index contributed by atoms with van der Waals surface area (Å²) in [4.78, 5) is 35.5. The molecule has 1 N–H and O–H groups in total. The Hall–Kier alpha value is -1.77. The molecule has 0 aromatic rings. The molecule has 66 heavy (non-hydrogen) atoms. The number of phosphoric acid groups is 1.